The van der Waals surface area contributed by atoms with Crippen molar-refractivity contribution in [3.05, 3.63) is 83.9 Å². The average molecular weight is 386 g/mol. The molecule has 0 saturated carbocycles. The Morgan fingerprint density at radius 2 is 1.69 bits per heavy atom. The van der Waals surface area contributed by atoms with E-state index in [1.165, 1.54) is 36.0 Å². The van der Waals surface area contributed by atoms with Crippen LogP contribution in [0.15, 0.2) is 72.8 Å². The van der Waals surface area contributed by atoms with Crippen LogP contribution in [0.2, 0.25) is 0 Å². The van der Waals surface area contributed by atoms with Gasteiger partial charge in [-0.15, -0.1) is 0 Å². The first-order chi connectivity index (χ1) is 14.2. The van der Waals surface area contributed by atoms with Crippen molar-refractivity contribution >= 4 is 11.6 Å². The fraction of sp³-hybridized carbons (Fsp3) is 0.240. The summed E-state index contributed by atoms with van der Waals surface area (Å²) < 4.78 is 0. The number of carbonyl (C=O) groups is 1. The highest BCUT2D eigenvalue weighted by molar-refractivity contribution is 6.04. The summed E-state index contributed by atoms with van der Waals surface area (Å²) in [6.45, 7) is 3.05. The van der Waals surface area contributed by atoms with Gasteiger partial charge in [-0.2, -0.15) is 0 Å². The van der Waals surface area contributed by atoms with Crippen LogP contribution in [0, 0.1) is 0 Å². The maximum Gasteiger partial charge on any atom is 0.255 e. The maximum atomic E-state index is 12.8. The molecule has 3 aromatic rings. The number of rotatable bonds is 5. The molecule has 4 heteroatoms. The number of aromatic hydroxyl groups is 1. The third kappa shape index (κ3) is 4.84. The molecular formula is C25H26N2O2. The molecule has 2 N–H and O–H groups in total. The van der Waals surface area contributed by atoms with Crippen LogP contribution in [0.25, 0.3) is 11.1 Å². The van der Waals surface area contributed by atoms with Gasteiger partial charge in [0.05, 0.1) is 0 Å². The number of nitrogens with one attached hydrogen (secondary N) is 1. The summed E-state index contributed by atoms with van der Waals surface area (Å²) in [5.41, 5.74) is 4.71. The summed E-state index contributed by atoms with van der Waals surface area (Å²) >= 11 is 0. The number of likely N-dealkylation sites (tertiary alicyclic amines) is 1. The van der Waals surface area contributed by atoms with Gasteiger partial charge in [0.2, 0.25) is 0 Å². The second kappa shape index (κ2) is 8.93. The molecule has 0 radical (unpaired) electrons. The zero-order valence-corrected chi connectivity index (χ0v) is 16.5. The quantitative estimate of drug-likeness (QED) is 0.626. The summed E-state index contributed by atoms with van der Waals surface area (Å²) in [6.07, 6.45) is 3.77. The minimum absolute atomic E-state index is 0.132. The van der Waals surface area contributed by atoms with Crippen molar-refractivity contribution in [1.82, 2.24) is 4.90 Å². The van der Waals surface area contributed by atoms with Crippen LogP contribution < -0.4 is 5.32 Å². The van der Waals surface area contributed by atoms with Gasteiger partial charge in [0, 0.05) is 23.9 Å². The lowest BCUT2D eigenvalue weighted by molar-refractivity contribution is 0.102. The highest BCUT2D eigenvalue weighted by Crippen LogP contribution is 2.27. The lowest BCUT2D eigenvalue weighted by atomic mass is 9.96. The zero-order valence-electron chi connectivity index (χ0n) is 16.5. The molecule has 0 unspecified atom stereocenters. The Balaban J connectivity index is 1.63. The van der Waals surface area contributed by atoms with Gasteiger partial charge in [-0.1, -0.05) is 48.9 Å². The number of benzene rings is 3. The molecule has 1 heterocycles. The summed E-state index contributed by atoms with van der Waals surface area (Å²) in [4.78, 5) is 15.3. The predicted molar refractivity (Wildman–Crippen MR) is 117 cm³/mol. The molecule has 1 aliphatic heterocycles. The molecule has 0 aromatic heterocycles. The molecule has 1 aliphatic rings. The third-order valence-corrected chi connectivity index (χ3v) is 5.40. The van der Waals surface area contributed by atoms with Gasteiger partial charge in [0.25, 0.3) is 5.91 Å². The van der Waals surface area contributed by atoms with Crippen molar-refractivity contribution in [2.75, 3.05) is 18.4 Å². The Morgan fingerprint density at radius 3 is 2.45 bits per heavy atom. The number of anilines is 1. The van der Waals surface area contributed by atoms with E-state index >= 15 is 0 Å². The monoisotopic (exact) mass is 386 g/mol. The highest BCUT2D eigenvalue weighted by Gasteiger charge is 2.16. The number of hydrogen-bond donors (Lipinski definition) is 2. The van der Waals surface area contributed by atoms with E-state index in [0.29, 0.717) is 11.3 Å². The van der Waals surface area contributed by atoms with Gasteiger partial charge in [0.1, 0.15) is 5.75 Å². The Labute approximate surface area is 171 Å². The Bertz CT molecular complexity index is 979. The van der Waals surface area contributed by atoms with Crippen LogP contribution in [0.3, 0.4) is 0 Å². The Kier molecular flexibility index (Phi) is 5.92. The second-order valence-corrected chi connectivity index (χ2v) is 7.58. The predicted octanol–water partition coefficient (Wildman–Crippen LogP) is 5.30. The topological polar surface area (TPSA) is 52.6 Å². The molecule has 0 bridgehead atoms. The summed E-state index contributed by atoms with van der Waals surface area (Å²) in [5, 5.41) is 12.5. The number of phenolic OH excluding ortho intramolecular Hbond substituents is 1. The number of carbonyl (C=O) groups excluding carboxylic acids is 1. The van der Waals surface area contributed by atoms with Crippen LogP contribution in [-0.2, 0) is 6.54 Å². The normalized spacial score (nSPS) is 14.5. The molecule has 29 heavy (non-hydrogen) atoms. The van der Waals surface area contributed by atoms with Crippen LogP contribution in [0.5, 0.6) is 5.75 Å². The third-order valence-electron chi connectivity index (χ3n) is 5.40. The van der Waals surface area contributed by atoms with Crippen molar-refractivity contribution < 1.29 is 9.90 Å². The van der Waals surface area contributed by atoms with Crippen molar-refractivity contribution in [2.24, 2.45) is 0 Å². The lowest BCUT2D eigenvalue weighted by Crippen LogP contribution is -2.29. The van der Waals surface area contributed by atoms with Crippen molar-refractivity contribution in [3.63, 3.8) is 0 Å². The van der Waals surface area contributed by atoms with Crippen LogP contribution >= 0.6 is 0 Å². The number of phenols is 1. The Morgan fingerprint density at radius 1 is 0.897 bits per heavy atom. The number of hydrogen-bond acceptors (Lipinski definition) is 3. The van der Waals surface area contributed by atoms with Crippen molar-refractivity contribution in [3.8, 4) is 16.9 Å². The molecule has 1 saturated heterocycles. The fourth-order valence-electron chi connectivity index (χ4n) is 3.91. The largest absolute Gasteiger partial charge is 0.508 e. The minimum atomic E-state index is -0.171. The summed E-state index contributed by atoms with van der Waals surface area (Å²) in [7, 11) is 0. The number of nitrogens with zero attached hydrogens (tertiary/aromatic N) is 1. The van der Waals surface area contributed by atoms with Gasteiger partial charge >= 0.3 is 0 Å². The molecule has 0 aliphatic carbocycles. The molecule has 0 spiro atoms. The molecule has 4 nitrogen and oxygen atoms in total. The van der Waals surface area contributed by atoms with Crippen LogP contribution in [0.4, 0.5) is 5.69 Å². The minimum Gasteiger partial charge on any atom is -0.508 e. The van der Waals surface area contributed by atoms with E-state index in [9.17, 15) is 9.90 Å². The smallest absolute Gasteiger partial charge is 0.255 e. The molecule has 1 fully saturated rings. The zero-order chi connectivity index (χ0) is 20.1. The van der Waals surface area contributed by atoms with E-state index in [1.807, 2.05) is 36.4 Å². The molecule has 0 atom stereocenters. The lowest BCUT2D eigenvalue weighted by Gasteiger charge is -2.27. The van der Waals surface area contributed by atoms with Crippen molar-refractivity contribution in [2.45, 2.75) is 25.8 Å². The van der Waals surface area contributed by atoms with E-state index < -0.39 is 0 Å². The van der Waals surface area contributed by atoms with Crippen molar-refractivity contribution in [1.29, 1.82) is 0 Å². The second-order valence-electron chi connectivity index (χ2n) is 7.58. The van der Waals surface area contributed by atoms with Gasteiger partial charge in [-0.25, -0.2) is 0 Å². The number of piperidine rings is 1. The van der Waals surface area contributed by atoms with E-state index in [2.05, 4.69) is 22.3 Å². The van der Waals surface area contributed by atoms with Gasteiger partial charge in [-0.05, 0) is 66.9 Å². The maximum absolute atomic E-state index is 12.8. The highest BCUT2D eigenvalue weighted by atomic mass is 16.3. The van der Waals surface area contributed by atoms with E-state index in [0.717, 1.165) is 19.6 Å². The van der Waals surface area contributed by atoms with Crippen LogP contribution in [-0.4, -0.2) is 29.0 Å². The fourth-order valence-corrected chi connectivity index (χ4v) is 3.91. The average Bonchev–Trinajstić information content (AvgIpc) is 2.75. The van der Waals surface area contributed by atoms with Gasteiger partial charge in [-0.3, -0.25) is 9.69 Å². The first-order valence-electron chi connectivity index (χ1n) is 10.2. The SMILES string of the molecule is O=C(Nc1cccc(O)c1)c1ccc(-c2ccccc2)c(CN2CCCCC2)c1. The standard InChI is InChI=1S/C25H26N2O2/c28-23-11-7-10-22(17-23)26-25(29)20-12-13-24(19-8-3-1-4-9-19)21(16-20)18-27-14-5-2-6-15-27/h1,3-4,7-13,16-17,28H,2,5-6,14-15,18H2,(H,26,29). The summed E-state index contributed by atoms with van der Waals surface area (Å²) in [5.74, 6) is -0.0388. The first kappa shape index (κ1) is 19.2. The Hall–Kier alpha value is -3.11. The number of amides is 1. The van der Waals surface area contributed by atoms with E-state index in [4.69, 9.17) is 0 Å². The van der Waals surface area contributed by atoms with Crippen LogP contribution in [0.1, 0.15) is 35.2 Å². The molecule has 1 amide bonds. The molecule has 4 rings (SSSR count). The van der Waals surface area contributed by atoms with E-state index in [-0.39, 0.29) is 11.7 Å². The molecular weight excluding hydrogens is 360 g/mol. The van der Waals surface area contributed by atoms with E-state index in [1.54, 1.807) is 24.3 Å². The van der Waals surface area contributed by atoms with Gasteiger partial charge < -0.3 is 10.4 Å². The summed E-state index contributed by atoms with van der Waals surface area (Å²) in [6, 6.07) is 22.9. The van der Waals surface area contributed by atoms with Gasteiger partial charge in [0.15, 0.2) is 0 Å². The first-order valence-corrected chi connectivity index (χ1v) is 10.2. The molecule has 148 valence electrons. The molecule has 3 aromatic carbocycles.